The summed E-state index contributed by atoms with van der Waals surface area (Å²) in [5.74, 6) is 0.796. The van der Waals surface area contributed by atoms with E-state index in [9.17, 15) is 0 Å². The predicted molar refractivity (Wildman–Crippen MR) is 57.9 cm³/mol. The van der Waals surface area contributed by atoms with Gasteiger partial charge in [-0.15, -0.1) is 0 Å². The van der Waals surface area contributed by atoms with Crippen LogP contribution in [0.4, 0.5) is 5.82 Å². The number of nitrogens with zero attached hydrogens (tertiary/aromatic N) is 2. The second kappa shape index (κ2) is 3.30. The summed E-state index contributed by atoms with van der Waals surface area (Å²) in [7, 11) is 0. The lowest BCUT2D eigenvalue weighted by molar-refractivity contribution is 0.135. The van der Waals surface area contributed by atoms with Crippen molar-refractivity contribution in [3.05, 3.63) is 12.3 Å². The first-order valence-corrected chi connectivity index (χ1v) is 5.40. The summed E-state index contributed by atoms with van der Waals surface area (Å²) < 4.78 is 2.00. The molecule has 1 aromatic rings. The van der Waals surface area contributed by atoms with E-state index >= 15 is 0 Å². The Bertz CT molecular complexity index is 314. The van der Waals surface area contributed by atoms with Gasteiger partial charge in [-0.3, -0.25) is 0 Å². The highest BCUT2D eigenvalue weighted by molar-refractivity contribution is 5.27. The van der Waals surface area contributed by atoms with Gasteiger partial charge in [-0.2, -0.15) is 5.10 Å². The molecule has 0 amide bonds. The minimum atomic E-state index is 0.332. The van der Waals surface area contributed by atoms with E-state index in [1.54, 1.807) is 6.20 Å². The topological polar surface area (TPSA) is 43.8 Å². The van der Waals surface area contributed by atoms with Crippen LogP contribution in [0.3, 0.4) is 0 Å². The summed E-state index contributed by atoms with van der Waals surface area (Å²) in [5.41, 5.74) is 6.22. The summed E-state index contributed by atoms with van der Waals surface area (Å²) in [6, 6.07) is 2.36. The number of hydrogen-bond donors (Lipinski definition) is 1. The van der Waals surface area contributed by atoms with Crippen LogP contribution in [0.5, 0.6) is 0 Å². The van der Waals surface area contributed by atoms with E-state index in [-0.39, 0.29) is 0 Å². The predicted octanol–water partition coefficient (Wildman–Crippen LogP) is 2.61. The van der Waals surface area contributed by atoms with Crippen molar-refractivity contribution in [1.29, 1.82) is 0 Å². The molecule has 3 heteroatoms. The molecule has 0 spiro atoms. The van der Waals surface area contributed by atoms with Crippen molar-refractivity contribution in [2.45, 2.75) is 45.6 Å². The maximum absolute atomic E-state index is 5.89. The van der Waals surface area contributed by atoms with Crippen molar-refractivity contribution < 1.29 is 0 Å². The molecule has 1 unspecified atom stereocenters. The third kappa shape index (κ3) is 1.51. The average Bonchev–Trinajstić information content (AvgIpc) is 2.51. The highest BCUT2D eigenvalue weighted by Crippen LogP contribution is 2.44. The average molecular weight is 193 g/mol. The van der Waals surface area contributed by atoms with Crippen LogP contribution in [0.2, 0.25) is 0 Å². The van der Waals surface area contributed by atoms with E-state index in [2.05, 4.69) is 18.9 Å². The zero-order valence-electron chi connectivity index (χ0n) is 9.03. The summed E-state index contributed by atoms with van der Waals surface area (Å²) in [6.07, 6.45) is 6.91. The Morgan fingerprint density at radius 1 is 1.50 bits per heavy atom. The summed E-state index contributed by atoms with van der Waals surface area (Å²) >= 11 is 0. The molecule has 1 heterocycles. The molecular weight excluding hydrogens is 174 g/mol. The van der Waals surface area contributed by atoms with E-state index in [1.165, 1.54) is 25.7 Å². The lowest BCUT2D eigenvalue weighted by Gasteiger charge is -2.38. The number of aromatic nitrogens is 2. The summed E-state index contributed by atoms with van der Waals surface area (Å²) in [5, 5.41) is 4.33. The first-order valence-electron chi connectivity index (χ1n) is 5.40. The van der Waals surface area contributed by atoms with Gasteiger partial charge in [0.15, 0.2) is 0 Å². The van der Waals surface area contributed by atoms with Gasteiger partial charge in [-0.1, -0.05) is 26.7 Å². The molecular formula is C11H19N3. The number of nitrogen functional groups attached to an aromatic ring is 1. The molecule has 1 aliphatic rings. The fourth-order valence-corrected chi connectivity index (χ4v) is 2.51. The summed E-state index contributed by atoms with van der Waals surface area (Å²) in [4.78, 5) is 0. The van der Waals surface area contributed by atoms with E-state index in [4.69, 9.17) is 5.73 Å². The largest absolute Gasteiger partial charge is 0.384 e. The molecule has 0 aromatic carbocycles. The van der Waals surface area contributed by atoms with Crippen LogP contribution in [0, 0.1) is 5.41 Å². The van der Waals surface area contributed by atoms with Crippen LogP contribution in [-0.4, -0.2) is 9.78 Å². The van der Waals surface area contributed by atoms with Crippen LogP contribution >= 0.6 is 0 Å². The molecule has 3 nitrogen and oxygen atoms in total. The SMILES string of the molecule is CC1(C)CCCCC1n1nccc1N. The molecule has 1 fully saturated rings. The second-order valence-corrected chi connectivity index (χ2v) is 4.95. The van der Waals surface area contributed by atoms with Crippen molar-refractivity contribution >= 4 is 5.82 Å². The van der Waals surface area contributed by atoms with Crippen LogP contribution in [0.1, 0.15) is 45.6 Å². The second-order valence-electron chi connectivity index (χ2n) is 4.95. The van der Waals surface area contributed by atoms with Crippen LogP contribution in [0.15, 0.2) is 12.3 Å². The Morgan fingerprint density at radius 3 is 2.86 bits per heavy atom. The third-order valence-corrected chi connectivity index (χ3v) is 3.45. The smallest absolute Gasteiger partial charge is 0.121 e. The molecule has 1 saturated carbocycles. The Kier molecular flexibility index (Phi) is 2.25. The van der Waals surface area contributed by atoms with Gasteiger partial charge < -0.3 is 5.73 Å². The Balaban J connectivity index is 2.28. The van der Waals surface area contributed by atoms with Gasteiger partial charge in [0, 0.05) is 0 Å². The Morgan fingerprint density at radius 2 is 2.29 bits per heavy atom. The number of nitrogens with two attached hydrogens (primary N) is 1. The lowest BCUT2D eigenvalue weighted by atomic mass is 9.73. The van der Waals surface area contributed by atoms with Gasteiger partial charge >= 0.3 is 0 Å². The highest BCUT2D eigenvalue weighted by Gasteiger charge is 2.34. The Labute approximate surface area is 85.3 Å². The van der Waals surface area contributed by atoms with Crippen molar-refractivity contribution in [2.24, 2.45) is 5.41 Å². The van der Waals surface area contributed by atoms with Crippen molar-refractivity contribution in [3.8, 4) is 0 Å². The van der Waals surface area contributed by atoms with E-state index in [0.717, 1.165) is 5.82 Å². The quantitative estimate of drug-likeness (QED) is 0.745. The lowest BCUT2D eigenvalue weighted by Crippen LogP contribution is -2.31. The third-order valence-electron chi connectivity index (χ3n) is 3.45. The molecule has 0 bridgehead atoms. The first-order chi connectivity index (χ1) is 6.61. The minimum absolute atomic E-state index is 0.332. The van der Waals surface area contributed by atoms with Gasteiger partial charge in [-0.25, -0.2) is 4.68 Å². The van der Waals surface area contributed by atoms with E-state index in [1.807, 2.05) is 10.7 Å². The van der Waals surface area contributed by atoms with E-state index < -0.39 is 0 Å². The first kappa shape index (κ1) is 9.56. The monoisotopic (exact) mass is 193 g/mol. The number of anilines is 1. The van der Waals surface area contributed by atoms with Crippen LogP contribution < -0.4 is 5.73 Å². The van der Waals surface area contributed by atoms with Crippen LogP contribution in [0.25, 0.3) is 0 Å². The fraction of sp³-hybridized carbons (Fsp3) is 0.727. The molecule has 0 radical (unpaired) electrons. The van der Waals surface area contributed by atoms with Gasteiger partial charge in [-0.05, 0) is 24.3 Å². The highest BCUT2D eigenvalue weighted by atomic mass is 15.3. The molecule has 1 aliphatic carbocycles. The van der Waals surface area contributed by atoms with Crippen molar-refractivity contribution in [1.82, 2.24) is 9.78 Å². The fourth-order valence-electron chi connectivity index (χ4n) is 2.51. The molecule has 1 atom stereocenters. The van der Waals surface area contributed by atoms with E-state index in [0.29, 0.717) is 11.5 Å². The molecule has 2 N–H and O–H groups in total. The molecule has 0 aliphatic heterocycles. The zero-order valence-corrected chi connectivity index (χ0v) is 9.03. The van der Waals surface area contributed by atoms with Gasteiger partial charge in [0.25, 0.3) is 0 Å². The number of rotatable bonds is 1. The normalized spacial score (nSPS) is 26.3. The van der Waals surface area contributed by atoms with Gasteiger partial charge in [0.05, 0.1) is 12.2 Å². The molecule has 14 heavy (non-hydrogen) atoms. The summed E-state index contributed by atoms with van der Waals surface area (Å²) in [6.45, 7) is 4.63. The Hall–Kier alpha value is -0.990. The zero-order chi connectivity index (χ0) is 10.2. The van der Waals surface area contributed by atoms with Crippen molar-refractivity contribution in [3.63, 3.8) is 0 Å². The molecule has 2 rings (SSSR count). The maximum Gasteiger partial charge on any atom is 0.121 e. The van der Waals surface area contributed by atoms with Crippen molar-refractivity contribution in [2.75, 3.05) is 5.73 Å². The molecule has 0 saturated heterocycles. The van der Waals surface area contributed by atoms with Gasteiger partial charge in [0.1, 0.15) is 5.82 Å². The maximum atomic E-state index is 5.89. The minimum Gasteiger partial charge on any atom is -0.384 e. The number of hydrogen-bond acceptors (Lipinski definition) is 2. The van der Waals surface area contributed by atoms with Crippen LogP contribution in [-0.2, 0) is 0 Å². The van der Waals surface area contributed by atoms with Gasteiger partial charge in [0.2, 0.25) is 0 Å². The standard InChI is InChI=1S/C11H19N3/c1-11(2)7-4-3-5-9(11)14-10(12)6-8-13-14/h6,8-9H,3-5,7,12H2,1-2H3. The molecule has 1 aromatic heterocycles. The molecule has 78 valence electrons.